The quantitative estimate of drug-likeness (QED) is 0.848. The van der Waals surface area contributed by atoms with Gasteiger partial charge in [-0.15, -0.1) is 0 Å². The SMILES string of the molecule is Cc1ccc(C(=O)N(C)Cc2cccnc2)cc1F. The van der Waals surface area contributed by atoms with Gasteiger partial charge in [-0.1, -0.05) is 12.1 Å². The number of carbonyl (C=O) groups is 1. The zero-order valence-corrected chi connectivity index (χ0v) is 10.9. The number of rotatable bonds is 3. The molecular formula is C15H15FN2O. The lowest BCUT2D eigenvalue weighted by Gasteiger charge is -2.17. The molecule has 1 aromatic heterocycles. The van der Waals surface area contributed by atoms with Crippen molar-refractivity contribution in [2.24, 2.45) is 0 Å². The van der Waals surface area contributed by atoms with Crippen molar-refractivity contribution in [2.45, 2.75) is 13.5 Å². The number of benzene rings is 1. The van der Waals surface area contributed by atoms with Gasteiger partial charge >= 0.3 is 0 Å². The van der Waals surface area contributed by atoms with E-state index >= 15 is 0 Å². The van der Waals surface area contributed by atoms with Crippen molar-refractivity contribution in [3.05, 3.63) is 65.2 Å². The average Bonchev–Trinajstić information content (AvgIpc) is 2.42. The average molecular weight is 258 g/mol. The smallest absolute Gasteiger partial charge is 0.253 e. The Bertz CT molecular complexity index is 584. The molecule has 3 nitrogen and oxygen atoms in total. The first kappa shape index (κ1) is 13.2. The summed E-state index contributed by atoms with van der Waals surface area (Å²) in [5, 5.41) is 0. The number of amides is 1. The molecule has 19 heavy (non-hydrogen) atoms. The van der Waals surface area contributed by atoms with Crippen molar-refractivity contribution in [1.29, 1.82) is 0 Å². The molecule has 0 saturated heterocycles. The predicted octanol–water partition coefficient (Wildman–Crippen LogP) is 2.80. The first-order valence-electron chi connectivity index (χ1n) is 5.98. The minimum Gasteiger partial charge on any atom is -0.337 e. The third-order valence-electron chi connectivity index (χ3n) is 2.91. The van der Waals surface area contributed by atoms with Gasteiger partial charge in [-0.2, -0.15) is 0 Å². The van der Waals surface area contributed by atoms with Crippen LogP contribution >= 0.6 is 0 Å². The lowest BCUT2D eigenvalue weighted by Crippen LogP contribution is -2.26. The lowest BCUT2D eigenvalue weighted by molar-refractivity contribution is 0.0784. The van der Waals surface area contributed by atoms with Gasteiger partial charge in [0.2, 0.25) is 0 Å². The molecule has 2 rings (SSSR count). The van der Waals surface area contributed by atoms with E-state index in [-0.39, 0.29) is 11.7 Å². The molecule has 0 saturated carbocycles. The summed E-state index contributed by atoms with van der Waals surface area (Å²) in [5.41, 5.74) is 1.83. The fraction of sp³-hybridized carbons (Fsp3) is 0.200. The molecule has 2 aromatic rings. The first-order chi connectivity index (χ1) is 9.08. The van der Waals surface area contributed by atoms with E-state index in [1.807, 2.05) is 12.1 Å². The van der Waals surface area contributed by atoms with Crippen LogP contribution in [0.1, 0.15) is 21.5 Å². The summed E-state index contributed by atoms with van der Waals surface area (Å²) in [6, 6.07) is 8.24. The predicted molar refractivity (Wildman–Crippen MR) is 71.2 cm³/mol. The zero-order chi connectivity index (χ0) is 13.8. The number of aromatic nitrogens is 1. The molecule has 0 aliphatic carbocycles. The number of halogens is 1. The lowest BCUT2D eigenvalue weighted by atomic mass is 10.1. The van der Waals surface area contributed by atoms with Crippen molar-refractivity contribution in [2.75, 3.05) is 7.05 Å². The molecule has 1 heterocycles. The van der Waals surface area contributed by atoms with Gasteiger partial charge in [0, 0.05) is 31.5 Å². The number of hydrogen-bond acceptors (Lipinski definition) is 2. The molecule has 0 unspecified atom stereocenters. The fourth-order valence-electron chi connectivity index (χ4n) is 1.78. The van der Waals surface area contributed by atoms with E-state index < -0.39 is 0 Å². The fourth-order valence-corrected chi connectivity index (χ4v) is 1.78. The van der Waals surface area contributed by atoms with Gasteiger partial charge in [-0.3, -0.25) is 9.78 Å². The summed E-state index contributed by atoms with van der Waals surface area (Å²) in [7, 11) is 1.69. The summed E-state index contributed by atoms with van der Waals surface area (Å²) in [6.07, 6.45) is 3.39. The highest BCUT2D eigenvalue weighted by molar-refractivity contribution is 5.94. The number of hydrogen-bond donors (Lipinski definition) is 0. The summed E-state index contributed by atoms with van der Waals surface area (Å²) < 4.78 is 13.4. The Morgan fingerprint density at radius 3 is 2.79 bits per heavy atom. The highest BCUT2D eigenvalue weighted by atomic mass is 19.1. The number of carbonyl (C=O) groups excluding carboxylic acids is 1. The Hall–Kier alpha value is -2.23. The first-order valence-corrected chi connectivity index (χ1v) is 5.98. The molecule has 0 bridgehead atoms. The van der Waals surface area contributed by atoms with Gasteiger partial charge in [0.15, 0.2) is 0 Å². The largest absolute Gasteiger partial charge is 0.337 e. The molecule has 0 aliphatic heterocycles. The molecule has 0 fully saturated rings. The third kappa shape index (κ3) is 3.16. The maximum Gasteiger partial charge on any atom is 0.253 e. The van der Waals surface area contributed by atoms with Gasteiger partial charge in [0.25, 0.3) is 5.91 Å². The zero-order valence-electron chi connectivity index (χ0n) is 10.9. The Labute approximate surface area is 111 Å². The van der Waals surface area contributed by atoms with Crippen LogP contribution in [0.15, 0.2) is 42.7 Å². The van der Waals surface area contributed by atoms with Crippen LogP contribution in [0, 0.1) is 12.7 Å². The van der Waals surface area contributed by atoms with Crippen LogP contribution in [-0.2, 0) is 6.54 Å². The number of pyridine rings is 1. The van der Waals surface area contributed by atoms with Crippen LogP contribution in [0.3, 0.4) is 0 Å². The van der Waals surface area contributed by atoms with Gasteiger partial charge in [-0.05, 0) is 36.2 Å². The Balaban J connectivity index is 2.12. The van der Waals surface area contributed by atoms with Crippen molar-refractivity contribution >= 4 is 5.91 Å². The minimum atomic E-state index is -0.361. The van der Waals surface area contributed by atoms with Gasteiger partial charge < -0.3 is 4.90 Å². The number of nitrogens with zero attached hydrogens (tertiary/aromatic N) is 2. The van der Waals surface area contributed by atoms with Crippen LogP contribution in [-0.4, -0.2) is 22.8 Å². The van der Waals surface area contributed by atoms with Crippen LogP contribution in [0.2, 0.25) is 0 Å². The summed E-state index contributed by atoms with van der Waals surface area (Å²) in [5.74, 6) is -0.566. The molecule has 0 radical (unpaired) electrons. The molecule has 1 amide bonds. The second kappa shape index (κ2) is 5.61. The van der Waals surface area contributed by atoms with Crippen LogP contribution < -0.4 is 0 Å². The van der Waals surface area contributed by atoms with Crippen LogP contribution in [0.25, 0.3) is 0 Å². The van der Waals surface area contributed by atoms with E-state index in [1.165, 1.54) is 6.07 Å². The highest BCUT2D eigenvalue weighted by Gasteiger charge is 2.13. The van der Waals surface area contributed by atoms with Crippen LogP contribution in [0.4, 0.5) is 4.39 Å². The van der Waals surface area contributed by atoms with Crippen molar-refractivity contribution in [1.82, 2.24) is 9.88 Å². The minimum absolute atomic E-state index is 0.206. The Morgan fingerprint density at radius 1 is 1.37 bits per heavy atom. The molecule has 0 spiro atoms. The highest BCUT2D eigenvalue weighted by Crippen LogP contribution is 2.12. The molecule has 98 valence electrons. The standard InChI is InChI=1S/C15H15FN2O/c1-11-5-6-13(8-14(11)16)15(19)18(2)10-12-4-3-7-17-9-12/h3-9H,10H2,1-2H3. The summed E-state index contributed by atoms with van der Waals surface area (Å²) in [4.78, 5) is 17.7. The normalized spacial score (nSPS) is 10.3. The third-order valence-corrected chi connectivity index (χ3v) is 2.91. The topological polar surface area (TPSA) is 33.2 Å². The van der Waals surface area contributed by atoms with E-state index in [0.717, 1.165) is 5.56 Å². The molecule has 0 aliphatic rings. The molecule has 0 atom stereocenters. The van der Waals surface area contributed by atoms with E-state index in [0.29, 0.717) is 17.7 Å². The second-order valence-corrected chi connectivity index (χ2v) is 4.49. The van der Waals surface area contributed by atoms with Crippen molar-refractivity contribution < 1.29 is 9.18 Å². The van der Waals surface area contributed by atoms with E-state index in [4.69, 9.17) is 0 Å². The monoisotopic (exact) mass is 258 g/mol. The maximum absolute atomic E-state index is 13.4. The van der Waals surface area contributed by atoms with Crippen molar-refractivity contribution in [3.8, 4) is 0 Å². The maximum atomic E-state index is 13.4. The van der Waals surface area contributed by atoms with Crippen LogP contribution in [0.5, 0.6) is 0 Å². The van der Waals surface area contributed by atoms with Gasteiger partial charge in [-0.25, -0.2) is 4.39 Å². The van der Waals surface area contributed by atoms with Crippen molar-refractivity contribution in [3.63, 3.8) is 0 Å². The van der Waals surface area contributed by atoms with E-state index in [1.54, 1.807) is 43.4 Å². The van der Waals surface area contributed by atoms with E-state index in [2.05, 4.69) is 4.98 Å². The Kier molecular flexibility index (Phi) is 3.90. The summed E-state index contributed by atoms with van der Waals surface area (Å²) >= 11 is 0. The molecule has 4 heteroatoms. The molecular weight excluding hydrogens is 243 g/mol. The molecule has 1 aromatic carbocycles. The number of aryl methyl sites for hydroxylation is 1. The van der Waals surface area contributed by atoms with Gasteiger partial charge in [0.05, 0.1) is 0 Å². The van der Waals surface area contributed by atoms with E-state index in [9.17, 15) is 9.18 Å². The molecule has 0 N–H and O–H groups in total. The Morgan fingerprint density at radius 2 is 2.16 bits per heavy atom. The second-order valence-electron chi connectivity index (χ2n) is 4.49. The van der Waals surface area contributed by atoms with Gasteiger partial charge in [0.1, 0.15) is 5.82 Å². The summed E-state index contributed by atoms with van der Waals surface area (Å²) in [6.45, 7) is 2.12.